The van der Waals surface area contributed by atoms with E-state index in [1.165, 1.54) is 0 Å². The van der Waals surface area contributed by atoms with E-state index in [4.69, 9.17) is 4.74 Å². The van der Waals surface area contributed by atoms with Crippen molar-refractivity contribution in [1.29, 1.82) is 0 Å². The summed E-state index contributed by atoms with van der Waals surface area (Å²) in [5, 5.41) is 3.18. The van der Waals surface area contributed by atoms with Crippen LogP contribution in [0.25, 0.3) is 0 Å². The molecule has 106 valence electrons. The van der Waals surface area contributed by atoms with Crippen LogP contribution in [0, 0.1) is 11.6 Å². The van der Waals surface area contributed by atoms with Crippen LogP contribution < -0.4 is 10.1 Å². The zero-order valence-electron chi connectivity index (χ0n) is 11.2. The summed E-state index contributed by atoms with van der Waals surface area (Å²) in [5.41, 5.74) is 0.839. The van der Waals surface area contributed by atoms with Gasteiger partial charge in [-0.3, -0.25) is 0 Å². The topological polar surface area (TPSA) is 34.2 Å². The molecule has 0 aliphatic rings. The highest BCUT2D eigenvalue weighted by atomic mass is 19.1. The van der Waals surface area contributed by atoms with Crippen molar-refractivity contribution >= 4 is 5.82 Å². The van der Waals surface area contributed by atoms with E-state index in [1.54, 1.807) is 12.3 Å². The summed E-state index contributed by atoms with van der Waals surface area (Å²) in [6.45, 7) is 3.06. The largest absolute Gasteiger partial charge is 0.489 e. The SMILES string of the molecule is CCCNc1ncccc1COc1cc(F)cc(F)c1. The molecule has 20 heavy (non-hydrogen) atoms. The van der Waals surface area contributed by atoms with Crippen molar-refractivity contribution in [3.63, 3.8) is 0 Å². The number of nitrogens with zero attached hydrogens (tertiary/aromatic N) is 1. The van der Waals surface area contributed by atoms with Crippen LogP contribution in [0.15, 0.2) is 36.5 Å². The van der Waals surface area contributed by atoms with Gasteiger partial charge in [-0.15, -0.1) is 0 Å². The third-order valence-electron chi connectivity index (χ3n) is 2.66. The normalized spacial score (nSPS) is 10.3. The summed E-state index contributed by atoms with van der Waals surface area (Å²) in [7, 11) is 0. The smallest absolute Gasteiger partial charge is 0.132 e. The van der Waals surface area contributed by atoms with Gasteiger partial charge in [0.1, 0.15) is 29.8 Å². The predicted molar refractivity (Wildman–Crippen MR) is 73.7 cm³/mol. The zero-order valence-corrected chi connectivity index (χ0v) is 11.2. The monoisotopic (exact) mass is 278 g/mol. The highest BCUT2D eigenvalue weighted by molar-refractivity contribution is 5.43. The summed E-state index contributed by atoms with van der Waals surface area (Å²) in [4.78, 5) is 4.22. The van der Waals surface area contributed by atoms with Gasteiger partial charge in [0.25, 0.3) is 0 Å². The number of halogens is 2. The first kappa shape index (κ1) is 14.2. The summed E-state index contributed by atoms with van der Waals surface area (Å²) in [5.74, 6) is -0.426. The number of hydrogen-bond donors (Lipinski definition) is 1. The second-order valence-corrected chi connectivity index (χ2v) is 4.33. The van der Waals surface area contributed by atoms with Gasteiger partial charge in [0.05, 0.1) is 0 Å². The third-order valence-corrected chi connectivity index (χ3v) is 2.66. The Morgan fingerprint density at radius 3 is 2.65 bits per heavy atom. The molecule has 0 aliphatic heterocycles. The van der Waals surface area contributed by atoms with Crippen molar-refractivity contribution in [2.24, 2.45) is 0 Å². The van der Waals surface area contributed by atoms with Gasteiger partial charge in [0, 0.05) is 36.5 Å². The quantitative estimate of drug-likeness (QED) is 0.873. The summed E-state index contributed by atoms with van der Waals surface area (Å²) in [6, 6.07) is 6.77. The third kappa shape index (κ3) is 3.91. The number of rotatable bonds is 6. The highest BCUT2D eigenvalue weighted by Gasteiger charge is 2.05. The molecule has 1 N–H and O–H groups in total. The minimum atomic E-state index is -0.657. The Hall–Kier alpha value is -2.17. The van der Waals surface area contributed by atoms with E-state index >= 15 is 0 Å². The van der Waals surface area contributed by atoms with Crippen molar-refractivity contribution in [1.82, 2.24) is 4.98 Å². The lowest BCUT2D eigenvalue weighted by Gasteiger charge is -2.11. The van der Waals surface area contributed by atoms with Crippen LogP contribution in [0.3, 0.4) is 0 Å². The maximum atomic E-state index is 13.1. The molecule has 0 unspecified atom stereocenters. The first-order valence-electron chi connectivity index (χ1n) is 6.45. The summed E-state index contributed by atoms with van der Waals surface area (Å²) in [6.07, 6.45) is 2.66. The molecule has 0 saturated heterocycles. The maximum absolute atomic E-state index is 13.1. The Bertz CT molecular complexity index is 555. The molecule has 0 spiro atoms. The number of pyridine rings is 1. The average Bonchev–Trinajstić information content (AvgIpc) is 2.43. The minimum absolute atomic E-state index is 0.160. The fourth-order valence-electron chi connectivity index (χ4n) is 1.73. The van der Waals surface area contributed by atoms with Gasteiger partial charge >= 0.3 is 0 Å². The minimum Gasteiger partial charge on any atom is -0.489 e. The van der Waals surface area contributed by atoms with Crippen LogP contribution in [0.2, 0.25) is 0 Å². The van der Waals surface area contributed by atoms with Crippen LogP contribution >= 0.6 is 0 Å². The number of ether oxygens (including phenoxy) is 1. The van der Waals surface area contributed by atoms with Gasteiger partial charge in [0.2, 0.25) is 0 Å². The van der Waals surface area contributed by atoms with Crippen molar-refractivity contribution in [2.75, 3.05) is 11.9 Å². The van der Waals surface area contributed by atoms with Gasteiger partial charge in [-0.05, 0) is 12.5 Å². The first-order valence-corrected chi connectivity index (χ1v) is 6.45. The summed E-state index contributed by atoms with van der Waals surface area (Å²) >= 11 is 0. The fraction of sp³-hybridized carbons (Fsp3) is 0.267. The molecule has 0 bridgehead atoms. The molecule has 1 aromatic heterocycles. The molecule has 0 fully saturated rings. The van der Waals surface area contributed by atoms with E-state index in [1.807, 2.05) is 6.07 Å². The lowest BCUT2D eigenvalue weighted by atomic mass is 10.2. The Labute approximate surface area is 116 Å². The van der Waals surface area contributed by atoms with Gasteiger partial charge in [-0.2, -0.15) is 0 Å². The van der Waals surface area contributed by atoms with Crippen LogP contribution in [-0.2, 0) is 6.61 Å². The molecule has 3 nitrogen and oxygen atoms in total. The fourth-order valence-corrected chi connectivity index (χ4v) is 1.73. The van der Waals surface area contributed by atoms with E-state index in [2.05, 4.69) is 17.2 Å². The van der Waals surface area contributed by atoms with E-state index in [-0.39, 0.29) is 12.4 Å². The number of nitrogens with one attached hydrogen (secondary N) is 1. The van der Waals surface area contributed by atoms with Crippen molar-refractivity contribution < 1.29 is 13.5 Å². The molecule has 5 heteroatoms. The number of benzene rings is 1. The summed E-state index contributed by atoms with van der Waals surface area (Å²) < 4.78 is 31.5. The average molecular weight is 278 g/mol. The van der Waals surface area contributed by atoms with Gasteiger partial charge in [-0.1, -0.05) is 13.0 Å². The van der Waals surface area contributed by atoms with E-state index in [0.29, 0.717) is 0 Å². The molecule has 0 radical (unpaired) electrons. The van der Waals surface area contributed by atoms with Crippen LogP contribution in [0.5, 0.6) is 5.75 Å². The maximum Gasteiger partial charge on any atom is 0.132 e. The number of hydrogen-bond acceptors (Lipinski definition) is 3. The van der Waals surface area contributed by atoms with Crippen LogP contribution in [0.4, 0.5) is 14.6 Å². The van der Waals surface area contributed by atoms with Crippen molar-refractivity contribution in [2.45, 2.75) is 20.0 Å². The molecule has 2 aromatic rings. The molecular formula is C15H16F2N2O. The van der Waals surface area contributed by atoms with Crippen LogP contribution in [0.1, 0.15) is 18.9 Å². The first-order chi connectivity index (χ1) is 9.69. The molecule has 0 saturated carbocycles. The van der Waals surface area contributed by atoms with Gasteiger partial charge in [0.15, 0.2) is 0 Å². The van der Waals surface area contributed by atoms with E-state index in [0.717, 1.165) is 42.5 Å². The number of anilines is 1. The molecule has 0 amide bonds. The van der Waals surface area contributed by atoms with E-state index in [9.17, 15) is 8.78 Å². The Morgan fingerprint density at radius 2 is 1.95 bits per heavy atom. The molecule has 2 rings (SSSR count). The Kier molecular flexibility index (Phi) is 4.87. The second-order valence-electron chi connectivity index (χ2n) is 4.33. The molecule has 1 heterocycles. The van der Waals surface area contributed by atoms with Crippen LogP contribution in [-0.4, -0.2) is 11.5 Å². The molecular weight excluding hydrogens is 262 g/mol. The highest BCUT2D eigenvalue weighted by Crippen LogP contribution is 2.19. The van der Waals surface area contributed by atoms with Gasteiger partial charge in [-0.25, -0.2) is 13.8 Å². The predicted octanol–water partition coefficient (Wildman–Crippen LogP) is 3.76. The molecule has 0 atom stereocenters. The molecule has 0 aliphatic carbocycles. The van der Waals surface area contributed by atoms with Crippen molar-refractivity contribution in [3.05, 3.63) is 53.7 Å². The van der Waals surface area contributed by atoms with Crippen molar-refractivity contribution in [3.8, 4) is 5.75 Å². The van der Waals surface area contributed by atoms with Gasteiger partial charge < -0.3 is 10.1 Å². The van der Waals surface area contributed by atoms with E-state index < -0.39 is 11.6 Å². The number of aromatic nitrogens is 1. The zero-order chi connectivity index (χ0) is 14.4. The lowest BCUT2D eigenvalue weighted by molar-refractivity contribution is 0.303. The second kappa shape index (κ2) is 6.84. The molecule has 1 aromatic carbocycles. The Morgan fingerprint density at radius 1 is 1.20 bits per heavy atom. The lowest BCUT2D eigenvalue weighted by Crippen LogP contribution is -2.07. The standard InChI is InChI=1S/C15H16F2N2O/c1-2-5-18-15-11(4-3-6-19-15)10-20-14-8-12(16)7-13(17)9-14/h3-4,6-9H,2,5,10H2,1H3,(H,18,19). The Balaban J connectivity index is 2.06.